The minimum Gasteiger partial charge on any atom is -0.478 e. The fraction of sp³-hybridized carbons (Fsp3) is 0.286. The first-order valence-electron chi connectivity index (χ1n) is 6.39. The maximum Gasteiger partial charge on any atom is 0.337 e. The molecule has 3 N–H and O–H groups in total. The molecule has 6 heteroatoms. The standard InChI is InChI=1S/C14H15N3O2S/c1-8-9-3-5-20-12(9)2-4-17(8)13-6-10(14(18)19)11(15)7-16-13/h3,5-8H,2,4,15H2,1H3,(H,18,19). The topological polar surface area (TPSA) is 79.5 Å². The monoisotopic (exact) mass is 289 g/mol. The van der Waals surface area contributed by atoms with Crippen LogP contribution in [0.2, 0.25) is 0 Å². The highest BCUT2D eigenvalue weighted by Crippen LogP contribution is 2.35. The number of anilines is 2. The Kier molecular flexibility index (Phi) is 3.10. The van der Waals surface area contributed by atoms with Crippen LogP contribution in [0.4, 0.5) is 11.5 Å². The van der Waals surface area contributed by atoms with Crippen molar-refractivity contribution in [3.8, 4) is 0 Å². The van der Waals surface area contributed by atoms with E-state index in [0.29, 0.717) is 5.82 Å². The molecule has 2 aromatic rings. The Morgan fingerprint density at radius 2 is 2.40 bits per heavy atom. The normalized spacial score (nSPS) is 17.9. The zero-order valence-electron chi connectivity index (χ0n) is 11.0. The van der Waals surface area contributed by atoms with Crippen LogP contribution in [-0.4, -0.2) is 22.6 Å². The predicted molar refractivity (Wildman–Crippen MR) is 79.4 cm³/mol. The molecule has 0 fully saturated rings. The van der Waals surface area contributed by atoms with E-state index in [0.717, 1.165) is 13.0 Å². The molecule has 20 heavy (non-hydrogen) atoms. The van der Waals surface area contributed by atoms with Gasteiger partial charge in [0.05, 0.1) is 23.5 Å². The van der Waals surface area contributed by atoms with E-state index in [9.17, 15) is 4.79 Å². The number of rotatable bonds is 2. The van der Waals surface area contributed by atoms with Crippen molar-refractivity contribution in [2.75, 3.05) is 17.2 Å². The van der Waals surface area contributed by atoms with Crippen LogP contribution in [-0.2, 0) is 6.42 Å². The number of aromatic carboxylic acids is 1. The number of fused-ring (bicyclic) bond motifs is 1. The Balaban J connectivity index is 1.98. The highest BCUT2D eigenvalue weighted by Gasteiger charge is 2.26. The number of carboxylic acid groups (broad SMARTS) is 1. The van der Waals surface area contributed by atoms with Crippen LogP contribution in [0.15, 0.2) is 23.7 Å². The lowest BCUT2D eigenvalue weighted by Crippen LogP contribution is -2.33. The summed E-state index contributed by atoms with van der Waals surface area (Å²) in [5.74, 6) is -0.354. The summed E-state index contributed by atoms with van der Waals surface area (Å²) < 4.78 is 0. The van der Waals surface area contributed by atoms with Gasteiger partial charge in [0.1, 0.15) is 5.82 Å². The molecule has 1 aliphatic rings. The fourth-order valence-corrected chi connectivity index (χ4v) is 3.58. The highest BCUT2D eigenvalue weighted by atomic mass is 32.1. The van der Waals surface area contributed by atoms with Crippen LogP contribution < -0.4 is 10.6 Å². The molecule has 104 valence electrons. The second-order valence-corrected chi connectivity index (χ2v) is 5.85. The number of hydrogen-bond acceptors (Lipinski definition) is 5. The van der Waals surface area contributed by atoms with Crippen molar-refractivity contribution in [1.29, 1.82) is 0 Å². The number of aromatic nitrogens is 1. The van der Waals surface area contributed by atoms with Gasteiger partial charge in [0.2, 0.25) is 0 Å². The van der Waals surface area contributed by atoms with E-state index in [-0.39, 0.29) is 17.3 Å². The molecule has 2 aromatic heterocycles. The Morgan fingerprint density at radius 1 is 1.60 bits per heavy atom. The summed E-state index contributed by atoms with van der Waals surface area (Å²) in [6.45, 7) is 2.95. The number of nitrogens with zero attached hydrogens (tertiary/aromatic N) is 2. The van der Waals surface area contributed by atoms with Crippen LogP contribution >= 0.6 is 11.3 Å². The quantitative estimate of drug-likeness (QED) is 0.888. The molecule has 0 amide bonds. The van der Waals surface area contributed by atoms with Crippen molar-refractivity contribution in [2.24, 2.45) is 0 Å². The Hall–Kier alpha value is -2.08. The van der Waals surface area contributed by atoms with Crippen LogP contribution in [0, 0.1) is 0 Å². The number of carbonyl (C=O) groups is 1. The molecule has 0 aromatic carbocycles. The molecule has 0 aliphatic carbocycles. The van der Waals surface area contributed by atoms with Crippen molar-refractivity contribution in [3.05, 3.63) is 39.7 Å². The van der Waals surface area contributed by atoms with E-state index in [1.165, 1.54) is 16.6 Å². The van der Waals surface area contributed by atoms with Crippen molar-refractivity contribution >= 4 is 28.8 Å². The van der Waals surface area contributed by atoms with Gasteiger partial charge in [-0.15, -0.1) is 11.3 Å². The van der Waals surface area contributed by atoms with Crippen molar-refractivity contribution in [1.82, 2.24) is 4.98 Å². The van der Waals surface area contributed by atoms with Gasteiger partial charge in [0.25, 0.3) is 0 Å². The lowest BCUT2D eigenvalue weighted by atomic mass is 10.0. The summed E-state index contributed by atoms with van der Waals surface area (Å²) in [6, 6.07) is 3.89. The van der Waals surface area contributed by atoms with Crippen molar-refractivity contribution in [3.63, 3.8) is 0 Å². The first kappa shape index (κ1) is 12.9. The molecule has 0 spiro atoms. The molecule has 0 radical (unpaired) electrons. The average Bonchev–Trinajstić information content (AvgIpc) is 2.89. The number of pyridine rings is 1. The molecule has 3 rings (SSSR count). The zero-order valence-corrected chi connectivity index (χ0v) is 11.9. The van der Waals surface area contributed by atoms with Crippen molar-refractivity contribution < 1.29 is 9.90 Å². The molecule has 0 bridgehead atoms. The molecule has 0 saturated carbocycles. The number of nitrogen functional groups attached to an aromatic ring is 1. The fourth-order valence-electron chi connectivity index (χ4n) is 2.62. The summed E-state index contributed by atoms with van der Waals surface area (Å²) >= 11 is 1.78. The van der Waals surface area contributed by atoms with Crippen LogP contribution in [0.1, 0.15) is 33.8 Å². The Morgan fingerprint density at radius 3 is 3.15 bits per heavy atom. The number of thiophene rings is 1. The van der Waals surface area contributed by atoms with E-state index in [4.69, 9.17) is 10.8 Å². The van der Waals surface area contributed by atoms with Crippen LogP contribution in [0.3, 0.4) is 0 Å². The molecular formula is C14H15N3O2S. The summed E-state index contributed by atoms with van der Waals surface area (Å²) in [6.07, 6.45) is 2.39. The molecule has 0 saturated heterocycles. The summed E-state index contributed by atoms with van der Waals surface area (Å²) in [7, 11) is 0. The first-order chi connectivity index (χ1) is 9.58. The first-order valence-corrected chi connectivity index (χ1v) is 7.27. The van der Waals surface area contributed by atoms with Gasteiger partial charge in [-0.2, -0.15) is 0 Å². The number of hydrogen-bond donors (Lipinski definition) is 2. The summed E-state index contributed by atoms with van der Waals surface area (Å²) in [5, 5.41) is 11.3. The third-order valence-corrected chi connectivity index (χ3v) is 4.72. The van der Waals surface area contributed by atoms with Gasteiger partial charge in [-0.1, -0.05) is 0 Å². The lowest BCUT2D eigenvalue weighted by Gasteiger charge is -2.34. The van der Waals surface area contributed by atoms with Gasteiger partial charge in [-0.05, 0) is 36.4 Å². The molecule has 3 heterocycles. The van der Waals surface area contributed by atoms with Gasteiger partial charge >= 0.3 is 5.97 Å². The third-order valence-electron chi connectivity index (χ3n) is 3.72. The number of nitrogens with two attached hydrogens (primary N) is 1. The lowest BCUT2D eigenvalue weighted by molar-refractivity contribution is 0.0698. The summed E-state index contributed by atoms with van der Waals surface area (Å²) in [4.78, 5) is 19.0. The van der Waals surface area contributed by atoms with E-state index < -0.39 is 5.97 Å². The van der Waals surface area contributed by atoms with Gasteiger partial charge < -0.3 is 15.7 Å². The maximum atomic E-state index is 11.2. The minimum absolute atomic E-state index is 0.110. The summed E-state index contributed by atoms with van der Waals surface area (Å²) in [5.41, 5.74) is 7.26. The third kappa shape index (κ3) is 2.02. The highest BCUT2D eigenvalue weighted by molar-refractivity contribution is 7.10. The van der Waals surface area contributed by atoms with E-state index >= 15 is 0 Å². The van der Waals surface area contributed by atoms with Crippen LogP contribution in [0.5, 0.6) is 0 Å². The van der Waals surface area contributed by atoms with Gasteiger partial charge in [0, 0.05) is 11.4 Å². The van der Waals surface area contributed by atoms with E-state index in [1.807, 2.05) is 0 Å². The van der Waals surface area contributed by atoms with Crippen molar-refractivity contribution in [2.45, 2.75) is 19.4 Å². The van der Waals surface area contributed by atoms with E-state index in [1.54, 1.807) is 17.4 Å². The Labute approximate surface area is 120 Å². The number of carboxylic acids is 1. The second-order valence-electron chi connectivity index (χ2n) is 4.85. The molecule has 1 atom stereocenters. The predicted octanol–water partition coefficient (Wildman–Crippen LogP) is 2.55. The maximum absolute atomic E-state index is 11.2. The van der Waals surface area contributed by atoms with Gasteiger partial charge in [-0.3, -0.25) is 0 Å². The molecule has 5 nitrogen and oxygen atoms in total. The minimum atomic E-state index is -1.02. The van der Waals surface area contributed by atoms with Crippen LogP contribution in [0.25, 0.3) is 0 Å². The zero-order chi connectivity index (χ0) is 14.3. The van der Waals surface area contributed by atoms with Gasteiger partial charge in [-0.25, -0.2) is 9.78 Å². The Bertz CT molecular complexity index is 668. The largest absolute Gasteiger partial charge is 0.478 e. The smallest absolute Gasteiger partial charge is 0.337 e. The van der Waals surface area contributed by atoms with Gasteiger partial charge in [0.15, 0.2) is 0 Å². The molecule has 1 aliphatic heterocycles. The average molecular weight is 289 g/mol. The molecule has 1 unspecified atom stereocenters. The second kappa shape index (κ2) is 4.79. The molecular weight excluding hydrogens is 274 g/mol. The van der Waals surface area contributed by atoms with E-state index in [2.05, 4.69) is 28.3 Å². The SMILES string of the molecule is CC1c2ccsc2CCN1c1cc(C(=O)O)c(N)cn1.